The Morgan fingerprint density at radius 3 is 2.53 bits per heavy atom. The summed E-state index contributed by atoms with van der Waals surface area (Å²) in [6.45, 7) is 9.31. The largest absolute Gasteiger partial charge is 0.459 e. The lowest BCUT2D eigenvalue weighted by molar-refractivity contribution is 0.229. The van der Waals surface area contributed by atoms with Gasteiger partial charge in [-0.1, -0.05) is 6.92 Å². The van der Waals surface area contributed by atoms with Crippen LogP contribution in [0.2, 0.25) is 0 Å². The maximum atomic E-state index is 9.03. The predicted molar refractivity (Wildman–Crippen MR) is 78.4 cm³/mol. The van der Waals surface area contributed by atoms with Crippen LogP contribution in [-0.4, -0.2) is 18.3 Å². The van der Waals surface area contributed by atoms with E-state index < -0.39 is 0 Å². The summed E-state index contributed by atoms with van der Waals surface area (Å²) in [6.07, 6.45) is 0. The summed E-state index contributed by atoms with van der Waals surface area (Å²) in [6, 6.07) is 6.52. The van der Waals surface area contributed by atoms with Crippen LogP contribution in [0.25, 0.3) is 11.0 Å². The molecule has 0 radical (unpaired) electrons. The molecule has 2 N–H and O–H groups in total. The molecule has 2 aromatic rings. The van der Waals surface area contributed by atoms with Crippen LogP contribution in [0.5, 0.6) is 0 Å². The SMILES string of the molecule is Cc1cc2cc(C(C)NCC(C)CO)oc2cc1C. The van der Waals surface area contributed by atoms with Gasteiger partial charge in [-0.2, -0.15) is 0 Å². The molecule has 0 bridgehead atoms. The van der Waals surface area contributed by atoms with Gasteiger partial charge in [-0.15, -0.1) is 0 Å². The summed E-state index contributed by atoms with van der Waals surface area (Å²) in [5, 5.41) is 13.6. The fraction of sp³-hybridized carbons (Fsp3) is 0.500. The fourth-order valence-electron chi connectivity index (χ4n) is 2.08. The molecule has 0 aliphatic carbocycles. The minimum absolute atomic E-state index is 0.155. The van der Waals surface area contributed by atoms with Crippen LogP contribution >= 0.6 is 0 Å². The molecule has 0 amide bonds. The van der Waals surface area contributed by atoms with E-state index in [1.165, 1.54) is 11.1 Å². The molecule has 0 saturated carbocycles. The van der Waals surface area contributed by atoms with Crippen molar-refractivity contribution >= 4 is 11.0 Å². The second-order valence-corrected chi connectivity index (χ2v) is 5.54. The number of rotatable bonds is 5. The molecule has 0 fully saturated rings. The summed E-state index contributed by atoms with van der Waals surface area (Å²) in [7, 11) is 0. The summed E-state index contributed by atoms with van der Waals surface area (Å²) in [5.74, 6) is 1.21. The van der Waals surface area contributed by atoms with Crippen molar-refractivity contribution in [2.45, 2.75) is 33.7 Å². The third kappa shape index (κ3) is 3.17. The maximum Gasteiger partial charge on any atom is 0.134 e. The van der Waals surface area contributed by atoms with Crippen LogP contribution in [0.4, 0.5) is 0 Å². The lowest BCUT2D eigenvalue weighted by atomic mass is 10.1. The van der Waals surface area contributed by atoms with Crippen LogP contribution in [0, 0.1) is 19.8 Å². The molecule has 2 unspecified atom stereocenters. The molecule has 1 heterocycles. The number of aliphatic hydroxyl groups is 1. The number of fused-ring (bicyclic) bond motifs is 1. The highest BCUT2D eigenvalue weighted by Gasteiger charge is 2.12. The van der Waals surface area contributed by atoms with E-state index in [-0.39, 0.29) is 18.6 Å². The Hall–Kier alpha value is -1.32. The number of furan rings is 1. The van der Waals surface area contributed by atoms with Crippen LogP contribution in [-0.2, 0) is 0 Å². The Morgan fingerprint density at radius 2 is 1.84 bits per heavy atom. The molecule has 19 heavy (non-hydrogen) atoms. The molecule has 104 valence electrons. The van der Waals surface area contributed by atoms with E-state index in [1.807, 2.05) is 6.92 Å². The summed E-state index contributed by atoms with van der Waals surface area (Å²) in [4.78, 5) is 0. The molecule has 0 aliphatic heterocycles. The highest BCUT2D eigenvalue weighted by molar-refractivity contribution is 5.79. The van der Waals surface area contributed by atoms with Gasteiger partial charge in [-0.05, 0) is 56.0 Å². The molecule has 3 heteroatoms. The van der Waals surface area contributed by atoms with E-state index in [9.17, 15) is 0 Å². The molecule has 0 saturated heterocycles. The van der Waals surface area contributed by atoms with Crippen molar-refractivity contribution in [1.29, 1.82) is 0 Å². The lowest BCUT2D eigenvalue weighted by Gasteiger charge is -2.14. The van der Waals surface area contributed by atoms with E-state index in [1.54, 1.807) is 0 Å². The first-order valence-electron chi connectivity index (χ1n) is 6.86. The van der Waals surface area contributed by atoms with Gasteiger partial charge in [0, 0.05) is 18.5 Å². The second-order valence-electron chi connectivity index (χ2n) is 5.54. The molecular formula is C16H23NO2. The number of aliphatic hydroxyl groups excluding tert-OH is 1. The summed E-state index contributed by atoms with van der Waals surface area (Å²) < 4.78 is 5.91. The fourth-order valence-corrected chi connectivity index (χ4v) is 2.08. The van der Waals surface area contributed by atoms with Crippen LogP contribution in [0.3, 0.4) is 0 Å². The highest BCUT2D eigenvalue weighted by atomic mass is 16.3. The Kier molecular flexibility index (Phi) is 4.27. The molecule has 1 aromatic carbocycles. The zero-order valence-electron chi connectivity index (χ0n) is 12.2. The monoisotopic (exact) mass is 261 g/mol. The van der Waals surface area contributed by atoms with Gasteiger partial charge in [-0.25, -0.2) is 0 Å². The van der Waals surface area contributed by atoms with Gasteiger partial charge in [-0.3, -0.25) is 0 Å². The number of hydrogen-bond donors (Lipinski definition) is 2. The second kappa shape index (κ2) is 5.76. The van der Waals surface area contributed by atoms with Crippen LogP contribution in [0.15, 0.2) is 22.6 Å². The maximum absolute atomic E-state index is 9.03. The highest BCUT2D eigenvalue weighted by Crippen LogP contribution is 2.26. The van der Waals surface area contributed by atoms with Gasteiger partial charge in [0.2, 0.25) is 0 Å². The first-order valence-corrected chi connectivity index (χ1v) is 6.86. The molecule has 2 rings (SSSR count). The Morgan fingerprint density at radius 1 is 1.16 bits per heavy atom. The predicted octanol–water partition coefficient (Wildman–Crippen LogP) is 3.33. The first kappa shape index (κ1) is 14.1. The number of benzene rings is 1. The van der Waals surface area contributed by atoms with E-state index in [0.717, 1.165) is 23.3 Å². The van der Waals surface area contributed by atoms with E-state index in [0.29, 0.717) is 0 Å². The average Bonchev–Trinajstić information content (AvgIpc) is 2.79. The van der Waals surface area contributed by atoms with E-state index >= 15 is 0 Å². The Labute approximate surface area is 114 Å². The standard InChI is InChI=1S/C16H23NO2/c1-10(9-18)8-17-13(4)15-7-14-5-11(2)12(3)6-16(14)19-15/h5-7,10,13,17-18H,8-9H2,1-4H3. The Bertz CT molecular complexity index is 520. The van der Waals surface area contributed by atoms with Crippen molar-refractivity contribution in [2.24, 2.45) is 5.92 Å². The molecule has 1 aromatic heterocycles. The quantitative estimate of drug-likeness (QED) is 0.867. The van der Waals surface area contributed by atoms with Crippen molar-refractivity contribution in [3.63, 3.8) is 0 Å². The Balaban J connectivity index is 2.16. The van der Waals surface area contributed by atoms with Crippen molar-refractivity contribution in [3.05, 3.63) is 35.1 Å². The van der Waals surface area contributed by atoms with Gasteiger partial charge in [0.25, 0.3) is 0 Å². The van der Waals surface area contributed by atoms with Crippen LogP contribution in [0.1, 0.15) is 36.8 Å². The normalized spacial score (nSPS) is 14.8. The number of nitrogens with one attached hydrogen (secondary N) is 1. The first-order chi connectivity index (χ1) is 9.01. The van der Waals surface area contributed by atoms with Gasteiger partial charge in [0.15, 0.2) is 0 Å². The zero-order chi connectivity index (χ0) is 14.0. The van der Waals surface area contributed by atoms with E-state index in [2.05, 4.69) is 44.3 Å². The van der Waals surface area contributed by atoms with E-state index in [4.69, 9.17) is 9.52 Å². The lowest BCUT2D eigenvalue weighted by Crippen LogP contribution is -2.25. The summed E-state index contributed by atoms with van der Waals surface area (Å²) in [5.41, 5.74) is 3.49. The third-order valence-electron chi connectivity index (χ3n) is 3.66. The third-order valence-corrected chi connectivity index (χ3v) is 3.66. The van der Waals surface area contributed by atoms with Gasteiger partial charge >= 0.3 is 0 Å². The molecular weight excluding hydrogens is 238 g/mol. The number of hydrogen-bond acceptors (Lipinski definition) is 3. The van der Waals surface area contributed by atoms with Crippen molar-refractivity contribution in [1.82, 2.24) is 5.32 Å². The minimum Gasteiger partial charge on any atom is -0.459 e. The minimum atomic E-state index is 0.155. The van der Waals surface area contributed by atoms with Crippen molar-refractivity contribution < 1.29 is 9.52 Å². The number of aryl methyl sites for hydroxylation is 2. The molecule has 0 aliphatic rings. The zero-order valence-corrected chi connectivity index (χ0v) is 12.2. The molecule has 0 spiro atoms. The van der Waals surface area contributed by atoms with Crippen LogP contribution < -0.4 is 5.32 Å². The van der Waals surface area contributed by atoms with Gasteiger partial charge in [0.05, 0.1) is 6.04 Å². The van der Waals surface area contributed by atoms with Crippen molar-refractivity contribution in [2.75, 3.05) is 13.2 Å². The summed E-state index contributed by atoms with van der Waals surface area (Å²) >= 11 is 0. The van der Waals surface area contributed by atoms with Gasteiger partial charge in [0.1, 0.15) is 11.3 Å². The van der Waals surface area contributed by atoms with Crippen molar-refractivity contribution in [3.8, 4) is 0 Å². The topological polar surface area (TPSA) is 45.4 Å². The smallest absolute Gasteiger partial charge is 0.134 e. The molecule has 3 nitrogen and oxygen atoms in total. The molecule has 2 atom stereocenters. The average molecular weight is 261 g/mol. The van der Waals surface area contributed by atoms with Gasteiger partial charge < -0.3 is 14.8 Å².